The van der Waals surface area contributed by atoms with Gasteiger partial charge in [-0.15, -0.1) is 0 Å². The molecule has 1 heterocycles. The van der Waals surface area contributed by atoms with Crippen LogP contribution in [-0.2, 0) is 4.74 Å². The minimum absolute atomic E-state index is 0.698. The van der Waals surface area contributed by atoms with Gasteiger partial charge in [0, 0.05) is 5.38 Å². The zero-order valence-corrected chi connectivity index (χ0v) is 8.05. The lowest BCUT2D eigenvalue weighted by molar-refractivity contribution is -0.118. The van der Waals surface area contributed by atoms with Gasteiger partial charge >= 0.3 is 0 Å². The minimum atomic E-state index is -2.91. The molecule has 0 bridgehead atoms. The second-order valence-electron chi connectivity index (χ2n) is 3.13. The fourth-order valence-electron chi connectivity index (χ4n) is 1.35. The molecule has 0 aromatic rings. The van der Waals surface area contributed by atoms with E-state index in [1.165, 1.54) is 0 Å². The van der Waals surface area contributed by atoms with Crippen LogP contribution in [0.2, 0.25) is 0 Å². The van der Waals surface area contributed by atoms with Crippen molar-refractivity contribution in [3.8, 4) is 11.3 Å². The summed E-state index contributed by atoms with van der Waals surface area (Å²) in [5.41, 5.74) is -2.91. The zero-order valence-electron chi connectivity index (χ0n) is 7.30. The fourth-order valence-corrected chi connectivity index (χ4v) is 1.48. The van der Waals surface area contributed by atoms with Gasteiger partial charge in [0.05, 0.1) is 6.61 Å². The third-order valence-corrected chi connectivity index (χ3v) is 2.29. The molecule has 14 heavy (non-hydrogen) atoms. The van der Waals surface area contributed by atoms with Gasteiger partial charge in [-0.1, -0.05) is 0 Å². The van der Waals surface area contributed by atoms with Gasteiger partial charge in [-0.05, 0) is 17.5 Å². The molecule has 0 aromatic heterocycles. The number of ether oxygens (including phenoxy) is 1. The molecule has 3 nitrogen and oxygen atoms in total. The average molecular weight is 224 g/mol. The zero-order chi connectivity index (χ0) is 11.0. The third-order valence-electron chi connectivity index (χ3n) is 2.19. The molecular formula is C7H8BClF2O3. The number of aliphatic hydroxyl groups is 2. The molecule has 7 heteroatoms. The first-order chi connectivity index (χ1) is 6.39. The summed E-state index contributed by atoms with van der Waals surface area (Å²) in [4.78, 5) is 0. The Kier molecular flexibility index (Phi) is 3.07. The lowest BCUT2D eigenvalue weighted by atomic mass is 9.80. The second-order valence-corrected chi connectivity index (χ2v) is 3.32. The summed E-state index contributed by atoms with van der Waals surface area (Å²) in [5, 5.41) is 19.6. The summed E-state index contributed by atoms with van der Waals surface area (Å²) in [6.45, 7) is -0.698. The lowest BCUT2D eigenvalue weighted by Crippen LogP contribution is -2.50. The van der Waals surface area contributed by atoms with E-state index in [1.54, 1.807) is 11.3 Å². The maximum Gasteiger partial charge on any atom is 0.248 e. The van der Waals surface area contributed by atoms with Gasteiger partial charge in [-0.3, -0.25) is 0 Å². The molecule has 78 valence electrons. The highest BCUT2D eigenvalue weighted by molar-refractivity contribution is 6.30. The smallest absolute Gasteiger partial charge is 0.248 e. The lowest BCUT2D eigenvalue weighted by Gasteiger charge is -2.25. The Labute approximate surface area is 85.4 Å². The Balaban J connectivity index is 3.07. The summed E-state index contributed by atoms with van der Waals surface area (Å²) < 4.78 is 31.8. The van der Waals surface area contributed by atoms with Crippen molar-refractivity contribution >= 4 is 19.4 Å². The number of halogens is 3. The van der Waals surface area contributed by atoms with Crippen molar-refractivity contribution in [1.29, 1.82) is 0 Å². The van der Waals surface area contributed by atoms with E-state index in [9.17, 15) is 13.9 Å². The summed E-state index contributed by atoms with van der Waals surface area (Å²) in [7, 11) is 0.785. The van der Waals surface area contributed by atoms with Gasteiger partial charge in [0.1, 0.15) is 12.2 Å². The first-order valence-corrected chi connectivity index (χ1v) is 4.24. The molecule has 0 amide bonds. The van der Waals surface area contributed by atoms with E-state index in [0.717, 1.165) is 7.85 Å². The van der Waals surface area contributed by atoms with Crippen LogP contribution < -0.4 is 0 Å². The standard InChI is InChI=1S/C7H8BClF2O3/c8-7(11)6(10,1-2-9)5(13)4(3-12)14-7/h4-5,12-13H,3,8H2/t4-,5?,6?,7-/m1/s1. The van der Waals surface area contributed by atoms with E-state index in [1.807, 2.05) is 0 Å². The van der Waals surface area contributed by atoms with E-state index in [4.69, 9.17) is 16.7 Å². The fraction of sp³-hybridized carbons (Fsp3) is 0.714. The summed E-state index contributed by atoms with van der Waals surface area (Å²) in [6, 6.07) is 0. The molecule has 1 rings (SSSR count). The largest absolute Gasteiger partial charge is 0.394 e. The van der Waals surface area contributed by atoms with Crippen molar-refractivity contribution < 1.29 is 23.7 Å². The molecule has 0 aliphatic carbocycles. The predicted octanol–water partition coefficient (Wildman–Crippen LogP) is -1.10. The Morgan fingerprint density at radius 3 is 2.50 bits per heavy atom. The van der Waals surface area contributed by atoms with Crippen LogP contribution in [0.5, 0.6) is 0 Å². The van der Waals surface area contributed by atoms with Gasteiger partial charge in [-0.25, -0.2) is 8.78 Å². The van der Waals surface area contributed by atoms with Crippen molar-refractivity contribution in [3.05, 3.63) is 0 Å². The van der Waals surface area contributed by atoms with Crippen molar-refractivity contribution in [2.24, 2.45) is 0 Å². The molecule has 1 fully saturated rings. The average Bonchev–Trinajstić information content (AvgIpc) is 2.27. The molecule has 0 aromatic carbocycles. The molecule has 4 atom stereocenters. The third kappa shape index (κ3) is 1.50. The molecule has 0 saturated carbocycles. The van der Waals surface area contributed by atoms with Crippen molar-refractivity contribution in [2.45, 2.75) is 23.6 Å². The summed E-state index contributed by atoms with van der Waals surface area (Å²) in [6.07, 6.45) is -3.21. The normalized spacial score (nSPS) is 47.2. The van der Waals surface area contributed by atoms with E-state index in [-0.39, 0.29) is 0 Å². The maximum atomic E-state index is 13.8. The van der Waals surface area contributed by atoms with Crippen LogP contribution in [0.15, 0.2) is 0 Å². The van der Waals surface area contributed by atoms with E-state index in [0.29, 0.717) is 0 Å². The molecule has 0 radical (unpaired) electrons. The number of rotatable bonds is 1. The minimum Gasteiger partial charge on any atom is -0.394 e. The van der Waals surface area contributed by atoms with Crippen molar-refractivity contribution in [2.75, 3.05) is 6.61 Å². The predicted molar refractivity (Wildman–Crippen MR) is 47.8 cm³/mol. The monoisotopic (exact) mass is 224 g/mol. The maximum absolute atomic E-state index is 13.8. The van der Waals surface area contributed by atoms with Crippen LogP contribution in [0.4, 0.5) is 8.78 Å². The molecular weight excluding hydrogens is 216 g/mol. The van der Waals surface area contributed by atoms with Gasteiger partial charge in [0.2, 0.25) is 11.4 Å². The number of hydrogen-bond acceptors (Lipinski definition) is 3. The molecule has 2 N–H and O–H groups in total. The van der Waals surface area contributed by atoms with Gasteiger partial charge in [0.15, 0.2) is 7.85 Å². The molecule has 0 spiro atoms. The highest BCUT2D eigenvalue weighted by Gasteiger charge is 2.64. The van der Waals surface area contributed by atoms with Crippen LogP contribution >= 0.6 is 11.6 Å². The second kappa shape index (κ2) is 3.67. The topological polar surface area (TPSA) is 49.7 Å². The van der Waals surface area contributed by atoms with Gasteiger partial charge < -0.3 is 14.9 Å². The molecule has 1 saturated heterocycles. The quantitative estimate of drug-likeness (QED) is 0.439. The van der Waals surface area contributed by atoms with Crippen LogP contribution in [0, 0.1) is 11.3 Å². The Morgan fingerprint density at radius 1 is 1.57 bits per heavy atom. The molecule has 2 unspecified atom stereocenters. The SMILES string of the molecule is B[C@]1(F)O[C@H](CO)C(O)C1(F)C#CCl. The van der Waals surface area contributed by atoms with Crippen LogP contribution in [0.1, 0.15) is 0 Å². The van der Waals surface area contributed by atoms with Crippen LogP contribution in [-0.4, -0.2) is 48.3 Å². The van der Waals surface area contributed by atoms with Crippen molar-refractivity contribution in [1.82, 2.24) is 0 Å². The molecule has 1 aliphatic rings. The highest BCUT2D eigenvalue weighted by atomic mass is 35.5. The highest BCUT2D eigenvalue weighted by Crippen LogP contribution is 2.41. The van der Waals surface area contributed by atoms with E-state index >= 15 is 0 Å². The van der Waals surface area contributed by atoms with Gasteiger partial charge in [-0.2, -0.15) is 0 Å². The van der Waals surface area contributed by atoms with Crippen LogP contribution in [0.25, 0.3) is 0 Å². The van der Waals surface area contributed by atoms with E-state index in [2.05, 4.69) is 4.74 Å². The number of hydrogen-bond donors (Lipinski definition) is 2. The first kappa shape index (κ1) is 11.7. The molecule has 1 aliphatic heterocycles. The Hall–Kier alpha value is -0.345. The van der Waals surface area contributed by atoms with Crippen LogP contribution in [0.3, 0.4) is 0 Å². The van der Waals surface area contributed by atoms with E-state index < -0.39 is 30.2 Å². The first-order valence-electron chi connectivity index (χ1n) is 3.86. The van der Waals surface area contributed by atoms with Crippen molar-refractivity contribution in [3.63, 3.8) is 0 Å². The number of aliphatic hydroxyl groups excluding tert-OH is 2. The van der Waals surface area contributed by atoms with Gasteiger partial charge in [0.25, 0.3) is 0 Å². The summed E-state index contributed by atoms with van der Waals surface area (Å²) >= 11 is 4.96. The Bertz CT molecular complexity index is 290. The number of alkyl halides is 2. The Morgan fingerprint density at radius 2 is 2.14 bits per heavy atom. The summed E-state index contributed by atoms with van der Waals surface area (Å²) in [5.74, 6) is -1.08.